The van der Waals surface area contributed by atoms with Crippen LogP contribution in [-0.2, 0) is 4.79 Å². The summed E-state index contributed by atoms with van der Waals surface area (Å²) in [5, 5.41) is 21.3. The number of carbonyl (C=O) groups excluding carboxylic acids is 1. The van der Waals surface area contributed by atoms with Crippen molar-refractivity contribution in [1.29, 1.82) is 5.26 Å². The number of amides is 1. The third-order valence-corrected chi connectivity index (χ3v) is 6.79. The highest BCUT2D eigenvalue weighted by Gasteiger charge is 2.24. The Hall–Kier alpha value is -1.12. The first-order valence-electron chi connectivity index (χ1n) is 13.6. The summed E-state index contributed by atoms with van der Waals surface area (Å²) in [4.78, 5) is 12.1. The van der Waals surface area contributed by atoms with E-state index in [2.05, 4.69) is 32.2 Å². The highest BCUT2D eigenvalue weighted by Crippen LogP contribution is 2.14. The normalized spacial score (nSPS) is 13.1. The molecule has 1 unspecified atom stereocenters. The van der Waals surface area contributed by atoms with Crippen LogP contribution in [0.1, 0.15) is 117 Å². The van der Waals surface area contributed by atoms with Crippen molar-refractivity contribution in [3.05, 3.63) is 0 Å². The van der Waals surface area contributed by atoms with Crippen LogP contribution in [-0.4, -0.2) is 54.8 Å². The number of nitrogens with one attached hydrogen (secondary N) is 1. The van der Waals surface area contributed by atoms with Gasteiger partial charge in [0.1, 0.15) is 6.54 Å². The molecule has 0 fully saturated rings. The monoisotopic (exact) mass is 452 g/mol. The highest BCUT2D eigenvalue weighted by molar-refractivity contribution is 5.75. The number of quaternary nitrogens is 1. The Balaban J connectivity index is 3.57. The zero-order valence-corrected chi connectivity index (χ0v) is 21.7. The molecule has 0 saturated carbocycles. The second-order valence-corrected chi connectivity index (χ2v) is 9.99. The Morgan fingerprint density at radius 1 is 0.875 bits per heavy atom. The largest absolute Gasteiger partial charge is 0.391 e. The first kappa shape index (κ1) is 30.9. The number of aliphatic hydroxyl groups is 1. The number of unbranched alkanes of at least 4 members (excludes halogenated alkanes) is 11. The topological polar surface area (TPSA) is 73.1 Å². The van der Waals surface area contributed by atoms with Gasteiger partial charge in [-0.2, -0.15) is 5.26 Å². The van der Waals surface area contributed by atoms with Gasteiger partial charge in [-0.3, -0.25) is 4.79 Å². The minimum atomic E-state index is 0.117. The van der Waals surface area contributed by atoms with E-state index in [0.29, 0.717) is 30.4 Å². The molecule has 5 nitrogen and oxygen atoms in total. The number of rotatable bonds is 23. The fourth-order valence-corrected chi connectivity index (χ4v) is 4.44. The first-order valence-corrected chi connectivity index (χ1v) is 13.6. The van der Waals surface area contributed by atoms with Crippen molar-refractivity contribution in [2.75, 3.05) is 39.3 Å². The van der Waals surface area contributed by atoms with Gasteiger partial charge in [0.2, 0.25) is 5.91 Å². The minimum absolute atomic E-state index is 0.117. The van der Waals surface area contributed by atoms with Crippen LogP contribution in [0.4, 0.5) is 0 Å². The fourth-order valence-electron chi connectivity index (χ4n) is 4.44. The Bertz CT molecular complexity index is 476. The van der Waals surface area contributed by atoms with Crippen LogP contribution in [0.2, 0.25) is 0 Å². The van der Waals surface area contributed by atoms with Gasteiger partial charge in [-0.05, 0) is 19.3 Å². The summed E-state index contributed by atoms with van der Waals surface area (Å²) in [5.41, 5.74) is 0. The molecule has 0 rings (SSSR count). The van der Waals surface area contributed by atoms with E-state index in [0.717, 1.165) is 38.4 Å². The molecule has 0 bridgehead atoms. The van der Waals surface area contributed by atoms with Crippen LogP contribution in [0.5, 0.6) is 0 Å². The molecule has 0 spiro atoms. The maximum absolute atomic E-state index is 12.1. The van der Waals surface area contributed by atoms with E-state index in [9.17, 15) is 9.90 Å². The molecular weight excluding hydrogens is 398 g/mol. The zero-order valence-electron chi connectivity index (χ0n) is 21.7. The number of nitrogens with zero attached hydrogens (tertiary/aromatic N) is 2. The standard InChI is InChI=1S/C27H53N3O2/c1-4-30(24-25-31,22-17-20-28)23-21-29-27(32)19-16-14-12-10-8-6-5-7-9-11-13-15-18-26(2)3/h26,31H,4-19,21-25H2,1-3H3/p+1. The van der Waals surface area contributed by atoms with Crippen LogP contribution in [0, 0.1) is 17.2 Å². The summed E-state index contributed by atoms with van der Waals surface area (Å²) in [7, 11) is 0. The lowest BCUT2D eigenvalue weighted by atomic mass is 10.0. The quantitative estimate of drug-likeness (QED) is 0.148. The van der Waals surface area contributed by atoms with Gasteiger partial charge in [0.05, 0.1) is 45.3 Å². The van der Waals surface area contributed by atoms with E-state index in [1.807, 2.05) is 0 Å². The molecule has 0 radical (unpaired) electrons. The van der Waals surface area contributed by atoms with Crippen LogP contribution in [0.25, 0.3) is 0 Å². The fraction of sp³-hybridized carbons (Fsp3) is 0.926. The SMILES string of the molecule is CC[N+](CCO)(CCC#N)CCNC(=O)CCCCCCCCCCCCCCC(C)C. The molecule has 1 amide bonds. The molecule has 1 atom stereocenters. The third kappa shape index (κ3) is 18.5. The lowest BCUT2D eigenvalue weighted by Crippen LogP contribution is -2.53. The molecule has 0 aliphatic rings. The molecule has 32 heavy (non-hydrogen) atoms. The van der Waals surface area contributed by atoms with Crippen molar-refractivity contribution < 1.29 is 14.4 Å². The smallest absolute Gasteiger partial charge is 0.220 e. The maximum Gasteiger partial charge on any atom is 0.220 e. The second-order valence-electron chi connectivity index (χ2n) is 9.99. The molecule has 0 aromatic carbocycles. The van der Waals surface area contributed by atoms with E-state index < -0.39 is 0 Å². The van der Waals surface area contributed by atoms with Gasteiger partial charge in [0, 0.05) is 6.42 Å². The Labute approximate surface area is 199 Å². The molecule has 0 aromatic heterocycles. The van der Waals surface area contributed by atoms with Gasteiger partial charge in [-0.1, -0.05) is 90.9 Å². The van der Waals surface area contributed by atoms with Gasteiger partial charge in [-0.25, -0.2) is 0 Å². The number of aliphatic hydroxyl groups excluding tert-OH is 1. The first-order chi connectivity index (χ1) is 15.5. The van der Waals surface area contributed by atoms with Crippen molar-refractivity contribution in [2.24, 2.45) is 5.92 Å². The lowest BCUT2D eigenvalue weighted by Gasteiger charge is -2.36. The average Bonchev–Trinajstić information content (AvgIpc) is 2.77. The molecule has 5 heteroatoms. The third-order valence-electron chi connectivity index (χ3n) is 6.79. The van der Waals surface area contributed by atoms with E-state index in [-0.39, 0.29) is 12.5 Å². The van der Waals surface area contributed by atoms with Gasteiger partial charge in [-0.15, -0.1) is 0 Å². The van der Waals surface area contributed by atoms with E-state index >= 15 is 0 Å². The summed E-state index contributed by atoms with van der Waals surface area (Å²) < 4.78 is 0.697. The van der Waals surface area contributed by atoms with Gasteiger partial charge < -0.3 is 14.9 Å². The number of carbonyl (C=O) groups is 1. The summed E-state index contributed by atoms with van der Waals surface area (Å²) in [6, 6.07) is 2.20. The molecule has 0 saturated heterocycles. The molecular formula is C27H54N3O2+. The molecule has 188 valence electrons. The van der Waals surface area contributed by atoms with Crippen LogP contribution in [0.15, 0.2) is 0 Å². The molecule has 0 heterocycles. The van der Waals surface area contributed by atoms with Crippen molar-refractivity contribution in [3.8, 4) is 6.07 Å². The van der Waals surface area contributed by atoms with E-state index in [4.69, 9.17) is 5.26 Å². The second kappa shape index (κ2) is 21.7. The maximum atomic E-state index is 12.1. The van der Waals surface area contributed by atoms with Gasteiger partial charge in [0.15, 0.2) is 0 Å². The van der Waals surface area contributed by atoms with Crippen molar-refractivity contribution in [3.63, 3.8) is 0 Å². The molecule has 2 N–H and O–H groups in total. The van der Waals surface area contributed by atoms with Crippen LogP contribution >= 0.6 is 0 Å². The van der Waals surface area contributed by atoms with E-state index in [1.165, 1.54) is 70.6 Å². The Morgan fingerprint density at radius 2 is 1.41 bits per heavy atom. The highest BCUT2D eigenvalue weighted by atomic mass is 16.3. The number of nitriles is 1. The lowest BCUT2D eigenvalue weighted by molar-refractivity contribution is -0.925. The molecule has 0 aromatic rings. The van der Waals surface area contributed by atoms with Crippen molar-refractivity contribution in [2.45, 2.75) is 117 Å². The summed E-state index contributed by atoms with van der Waals surface area (Å²) in [6.07, 6.45) is 18.3. The predicted octanol–water partition coefficient (Wildman–Crippen LogP) is 5.96. The van der Waals surface area contributed by atoms with E-state index in [1.54, 1.807) is 0 Å². The Kier molecular flexibility index (Phi) is 21.0. The van der Waals surface area contributed by atoms with Crippen molar-refractivity contribution in [1.82, 2.24) is 5.32 Å². The average molecular weight is 453 g/mol. The number of hydrogen-bond acceptors (Lipinski definition) is 3. The predicted molar refractivity (Wildman–Crippen MR) is 135 cm³/mol. The molecule has 0 aliphatic heterocycles. The Morgan fingerprint density at radius 3 is 1.88 bits per heavy atom. The van der Waals surface area contributed by atoms with Gasteiger partial charge >= 0.3 is 0 Å². The summed E-state index contributed by atoms with van der Waals surface area (Å²) in [5.74, 6) is 0.991. The summed E-state index contributed by atoms with van der Waals surface area (Å²) >= 11 is 0. The van der Waals surface area contributed by atoms with Crippen molar-refractivity contribution >= 4 is 5.91 Å². The van der Waals surface area contributed by atoms with Crippen LogP contribution < -0.4 is 5.32 Å². The van der Waals surface area contributed by atoms with Crippen LogP contribution in [0.3, 0.4) is 0 Å². The summed E-state index contributed by atoms with van der Waals surface area (Å²) in [6.45, 7) is 10.5. The molecule has 0 aliphatic carbocycles. The number of hydrogen-bond donors (Lipinski definition) is 2. The van der Waals surface area contributed by atoms with Gasteiger partial charge in [0.25, 0.3) is 0 Å². The minimum Gasteiger partial charge on any atom is -0.391 e. The zero-order chi connectivity index (χ0) is 23.9. The number of likely N-dealkylation sites (N-methyl/N-ethyl adjacent to an activating group) is 1.